The summed E-state index contributed by atoms with van der Waals surface area (Å²) in [7, 11) is 0. The fraction of sp³-hybridized carbons (Fsp3) is 0.0500. The van der Waals surface area contributed by atoms with Crippen LogP contribution in [0.5, 0.6) is 0 Å². The molecule has 0 bridgehead atoms. The Balaban J connectivity index is 1.36. The number of para-hydroxylation sites is 1. The van der Waals surface area contributed by atoms with E-state index in [1.165, 1.54) is 6.08 Å². The van der Waals surface area contributed by atoms with E-state index in [9.17, 15) is 9.59 Å². The van der Waals surface area contributed by atoms with Crippen molar-refractivity contribution in [3.05, 3.63) is 66.4 Å². The number of anilines is 1. The topological polar surface area (TPSA) is 93.0 Å². The first kappa shape index (κ1) is 17.7. The van der Waals surface area contributed by atoms with E-state index in [0.717, 1.165) is 27.8 Å². The average Bonchev–Trinajstić information content (AvgIpc) is 3.20. The van der Waals surface area contributed by atoms with Crippen molar-refractivity contribution >= 4 is 57.3 Å². The third-order valence-corrected chi connectivity index (χ3v) is 4.51. The van der Waals surface area contributed by atoms with E-state index >= 15 is 0 Å². The lowest BCUT2D eigenvalue weighted by molar-refractivity contribution is -0.142. The highest BCUT2D eigenvalue weighted by Gasteiger charge is 2.13. The average molecular weight is 390 g/mol. The minimum absolute atomic E-state index is 0.398. The van der Waals surface area contributed by atoms with Crippen molar-refractivity contribution < 1.29 is 14.3 Å². The van der Waals surface area contributed by atoms with Crippen LogP contribution in [-0.2, 0) is 25.7 Å². The molecule has 0 fully saturated rings. The van der Waals surface area contributed by atoms with Gasteiger partial charge in [0.2, 0.25) is 0 Å². The molecular weight excluding hydrogens is 376 g/mol. The van der Waals surface area contributed by atoms with Crippen LogP contribution in [0.1, 0.15) is 5.56 Å². The minimum Gasteiger partial charge on any atom is -0.452 e. The zero-order valence-corrected chi connectivity index (χ0v) is 15.3. The van der Waals surface area contributed by atoms with Crippen LogP contribution in [0.2, 0.25) is 0 Å². The molecule has 0 spiro atoms. The number of hydrogen-bond donors (Lipinski definition) is 1. The van der Waals surface area contributed by atoms with Crippen molar-refractivity contribution in [2.75, 3.05) is 11.9 Å². The molecule has 8 heteroatoms. The number of benzene rings is 2. The van der Waals surface area contributed by atoms with Gasteiger partial charge >= 0.3 is 5.97 Å². The first-order valence-corrected chi connectivity index (χ1v) is 9.13. The second-order valence-electron chi connectivity index (χ2n) is 5.85. The molecule has 0 saturated heterocycles. The number of hydrogen-bond acceptors (Lipinski definition) is 6. The highest BCUT2D eigenvalue weighted by atomic mass is 32.1. The third-order valence-electron chi connectivity index (χ3n) is 3.97. The quantitative estimate of drug-likeness (QED) is 0.409. The molecule has 138 valence electrons. The molecule has 1 aliphatic heterocycles. The molecule has 1 amide bonds. The van der Waals surface area contributed by atoms with Crippen LogP contribution >= 0.6 is 0 Å². The Morgan fingerprint density at radius 1 is 1.07 bits per heavy atom. The van der Waals surface area contributed by atoms with E-state index in [2.05, 4.69) is 19.0 Å². The monoisotopic (exact) mass is 390 g/mol. The van der Waals surface area contributed by atoms with Gasteiger partial charge in [0.25, 0.3) is 5.91 Å². The molecule has 28 heavy (non-hydrogen) atoms. The van der Waals surface area contributed by atoms with Crippen molar-refractivity contribution in [3.63, 3.8) is 0 Å². The Labute approximate surface area is 164 Å². The van der Waals surface area contributed by atoms with E-state index in [4.69, 9.17) is 4.74 Å². The van der Waals surface area contributed by atoms with Gasteiger partial charge in [-0.1, -0.05) is 30.3 Å². The van der Waals surface area contributed by atoms with E-state index in [1.807, 2.05) is 30.3 Å². The van der Waals surface area contributed by atoms with Crippen LogP contribution in [0, 0.1) is 0 Å². The summed E-state index contributed by atoms with van der Waals surface area (Å²) < 4.78 is 13.3. The molecule has 3 aromatic rings. The Morgan fingerprint density at radius 2 is 1.93 bits per heavy atom. The lowest BCUT2D eigenvalue weighted by atomic mass is 10.1. The number of ether oxygens (including phenoxy) is 1. The van der Waals surface area contributed by atoms with Gasteiger partial charge in [-0.05, 0) is 24.3 Å². The van der Waals surface area contributed by atoms with Crippen molar-refractivity contribution in [1.82, 2.24) is 4.98 Å². The predicted octanol–water partition coefficient (Wildman–Crippen LogP) is 4.16. The molecule has 0 saturated carbocycles. The summed E-state index contributed by atoms with van der Waals surface area (Å²) in [5.74, 6) is -1.06. The Bertz CT molecular complexity index is 1180. The van der Waals surface area contributed by atoms with Crippen molar-refractivity contribution in [3.8, 4) is 0 Å². The Hall–Kier alpha value is -3.65. The first-order valence-electron chi connectivity index (χ1n) is 8.40. The SMILES string of the molecule is O=C(COC(=O)/C=C/c1cccc2cccnc12)Nc1cccc2c1N=S=N2. The number of carbonyl (C=O) groups excluding carboxylic acids is 2. The van der Waals surface area contributed by atoms with Crippen LogP contribution in [0.15, 0.2) is 69.5 Å². The second kappa shape index (κ2) is 7.93. The summed E-state index contributed by atoms with van der Waals surface area (Å²) >= 11 is 1.07. The highest BCUT2D eigenvalue weighted by Crippen LogP contribution is 2.38. The van der Waals surface area contributed by atoms with Gasteiger partial charge in [-0.3, -0.25) is 9.78 Å². The fourth-order valence-corrected chi connectivity index (χ4v) is 3.25. The highest BCUT2D eigenvalue weighted by molar-refractivity contribution is 7.58. The molecule has 2 aromatic carbocycles. The first-order chi connectivity index (χ1) is 13.7. The van der Waals surface area contributed by atoms with Gasteiger partial charge in [0.05, 0.1) is 22.6 Å². The van der Waals surface area contributed by atoms with Crippen molar-refractivity contribution in [2.24, 2.45) is 8.73 Å². The number of rotatable bonds is 5. The smallest absolute Gasteiger partial charge is 0.331 e. The number of aromatic nitrogens is 1. The maximum atomic E-state index is 12.1. The number of nitrogens with zero attached hydrogens (tertiary/aromatic N) is 3. The van der Waals surface area contributed by atoms with Crippen molar-refractivity contribution in [1.29, 1.82) is 0 Å². The Kier molecular flexibility index (Phi) is 5.03. The fourth-order valence-electron chi connectivity index (χ4n) is 2.70. The number of pyridine rings is 1. The summed E-state index contributed by atoms with van der Waals surface area (Å²) in [6.07, 6.45) is 4.60. The zero-order valence-electron chi connectivity index (χ0n) is 14.5. The van der Waals surface area contributed by atoms with Crippen LogP contribution in [-0.4, -0.2) is 23.5 Å². The van der Waals surface area contributed by atoms with E-state index < -0.39 is 18.5 Å². The van der Waals surface area contributed by atoms with Crippen LogP contribution in [0.4, 0.5) is 17.1 Å². The van der Waals surface area contributed by atoms with Gasteiger partial charge < -0.3 is 10.1 Å². The second-order valence-corrected chi connectivity index (χ2v) is 6.38. The number of fused-ring (bicyclic) bond motifs is 2. The standard InChI is InChI=1S/C20H14N4O3S/c25-17(22-15-7-2-8-16-20(15)24-28-23-16)12-27-18(26)10-9-14-5-1-4-13-6-3-11-21-19(13)14/h1-11H,12H2,(H,22,25)/b10-9+. The van der Waals surface area contributed by atoms with Gasteiger partial charge in [0, 0.05) is 23.2 Å². The predicted molar refractivity (Wildman–Crippen MR) is 108 cm³/mol. The molecule has 7 nitrogen and oxygen atoms in total. The summed E-state index contributed by atoms with van der Waals surface area (Å²) in [6, 6.07) is 14.8. The number of carbonyl (C=O) groups is 2. The summed E-state index contributed by atoms with van der Waals surface area (Å²) in [5.41, 5.74) is 3.42. The molecule has 0 unspecified atom stereocenters. The number of amides is 1. The molecule has 0 atom stereocenters. The Morgan fingerprint density at radius 3 is 2.86 bits per heavy atom. The van der Waals surface area contributed by atoms with Crippen LogP contribution in [0.25, 0.3) is 17.0 Å². The van der Waals surface area contributed by atoms with E-state index in [-0.39, 0.29) is 0 Å². The molecule has 0 radical (unpaired) electrons. The van der Waals surface area contributed by atoms with Crippen molar-refractivity contribution in [2.45, 2.75) is 0 Å². The maximum Gasteiger partial charge on any atom is 0.331 e. The summed E-state index contributed by atoms with van der Waals surface area (Å²) in [6.45, 7) is -0.398. The molecule has 4 rings (SSSR count). The van der Waals surface area contributed by atoms with Gasteiger partial charge in [-0.15, -0.1) is 0 Å². The molecule has 1 aromatic heterocycles. The zero-order chi connectivity index (χ0) is 19.3. The lowest BCUT2D eigenvalue weighted by Gasteiger charge is -2.07. The summed E-state index contributed by atoms with van der Waals surface area (Å²) in [5, 5.41) is 3.65. The molecule has 2 heterocycles. The largest absolute Gasteiger partial charge is 0.452 e. The van der Waals surface area contributed by atoms with E-state index in [1.54, 1.807) is 30.5 Å². The summed E-state index contributed by atoms with van der Waals surface area (Å²) in [4.78, 5) is 28.3. The van der Waals surface area contributed by atoms with Gasteiger partial charge in [-0.2, -0.15) is 8.73 Å². The third kappa shape index (κ3) is 3.86. The van der Waals surface area contributed by atoms with Crippen LogP contribution < -0.4 is 5.32 Å². The maximum absolute atomic E-state index is 12.1. The molecular formula is C20H14N4O3S. The van der Waals surface area contributed by atoms with Gasteiger partial charge in [0.1, 0.15) is 11.4 Å². The van der Waals surface area contributed by atoms with Crippen LogP contribution in [0.3, 0.4) is 0 Å². The molecule has 0 aliphatic carbocycles. The van der Waals surface area contributed by atoms with Gasteiger partial charge in [-0.25, -0.2) is 4.79 Å². The normalized spacial score (nSPS) is 12.0. The van der Waals surface area contributed by atoms with E-state index in [0.29, 0.717) is 17.1 Å². The van der Waals surface area contributed by atoms with Gasteiger partial charge in [0.15, 0.2) is 6.61 Å². The minimum atomic E-state index is -0.614. The molecule has 1 N–H and O–H groups in total. The lowest BCUT2D eigenvalue weighted by Crippen LogP contribution is -2.20. The number of esters is 1. The number of nitrogens with one attached hydrogen (secondary N) is 1. The molecule has 1 aliphatic rings.